The molecule has 1 atom stereocenters. The molecular formula is C13H16FNO3S. The molecule has 4 nitrogen and oxygen atoms in total. The molecule has 104 valence electrons. The molecule has 0 fully saturated rings. The summed E-state index contributed by atoms with van der Waals surface area (Å²) in [5.41, 5.74) is 5.80. The molecule has 2 N–H and O–H groups in total. The molecule has 0 aromatic heterocycles. The number of rotatable bonds is 6. The van der Waals surface area contributed by atoms with Gasteiger partial charge in [0.2, 0.25) is 0 Å². The number of carbonyl (C=O) groups excluding carboxylic acids is 1. The summed E-state index contributed by atoms with van der Waals surface area (Å²) in [5.74, 6) is -1.16. The molecule has 0 saturated heterocycles. The predicted molar refractivity (Wildman–Crippen MR) is 73.6 cm³/mol. The lowest BCUT2D eigenvalue weighted by atomic mass is 10.2. The molecule has 19 heavy (non-hydrogen) atoms. The van der Waals surface area contributed by atoms with E-state index in [9.17, 15) is 9.18 Å². The lowest BCUT2D eigenvalue weighted by molar-refractivity contribution is -0.151. The number of halogens is 1. The zero-order chi connectivity index (χ0) is 14.4. The van der Waals surface area contributed by atoms with E-state index in [-0.39, 0.29) is 17.3 Å². The maximum atomic E-state index is 13.8. The monoisotopic (exact) mass is 285 g/mol. The number of ether oxygens (including phenoxy) is 2. The summed E-state index contributed by atoms with van der Waals surface area (Å²) < 4.78 is 23.9. The fraction of sp³-hybridized carbons (Fsp3) is 0.385. The Morgan fingerprint density at radius 1 is 1.47 bits per heavy atom. The third-order valence-electron chi connectivity index (χ3n) is 2.41. The van der Waals surface area contributed by atoms with Crippen LogP contribution in [0.2, 0.25) is 0 Å². The Morgan fingerprint density at radius 3 is 2.63 bits per heavy atom. The van der Waals surface area contributed by atoms with Gasteiger partial charge in [0.25, 0.3) is 0 Å². The van der Waals surface area contributed by atoms with Crippen molar-refractivity contribution in [3.63, 3.8) is 0 Å². The molecule has 0 aliphatic rings. The number of benzene rings is 1. The second kappa shape index (κ2) is 7.04. The second-order valence-corrected chi connectivity index (χ2v) is 4.22. The van der Waals surface area contributed by atoms with Gasteiger partial charge in [-0.1, -0.05) is 19.1 Å². The highest BCUT2D eigenvalue weighted by atomic mass is 32.1. The molecule has 0 aliphatic heterocycles. The van der Waals surface area contributed by atoms with E-state index >= 15 is 0 Å². The van der Waals surface area contributed by atoms with E-state index in [2.05, 4.69) is 0 Å². The van der Waals surface area contributed by atoms with Crippen LogP contribution in [0.4, 0.5) is 4.39 Å². The Hall–Kier alpha value is -1.69. The van der Waals surface area contributed by atoms with Gasteiger partial charge in [-0.2, -0.15) is 0 Å². The van der Waals surface area contributed by atoms with Crippen LogP contribution < -0.4 is 10.5 Å². The topological polar surface area (TPSA) is 61.5 Å². The highest BCUT2D eigenvalue weighted by Gasteiger charge is 2.21. The molecule has 0 bridgehead atoms. The van der Waals surface area contributed by atoms with Gasteiger partial charge in [-0.25, -0.2) is 9.18 Å². The lowest BCUT2D eigenvalue weighted by Gasteiger charge is -2.16. The average Bonchev–Trinajstić information content (AvgIpc) is 2.37. The van der Waals surface area contributed by atoms with Gasteiger partial charge in [-0.15, -0.1) is 0 Å². The molecule has 6 heteroatoms. The van der Waals surface area contributed by atoms with Crippen molar-refractivity contribution < 1.29 is 18.7 Å². The van der Waals surface area contributed by atoms with Gasteiger partial charge in [0.1, 0.15) is 4.99 Å². The van der Waals surface area contributed by atoms with E-state index < -0.39 is 17.9 Å². The molecule has 0 heterocycles. The van der Waals surface area contributed by atoms with E-state index in [4.69, 9.17) is 27.4 Å². The van der Waals surface area contributed by atoms with Gasteiger partial charge < -0.3 is 15.2 Å². The lowest BCUT2D eigenvalue weighted by Crippen LogP contribution is -2.29. The van der Waals surface area contributed by atoms with Gasteiger partial charge in [0.05, 0.1) is 6.61 Å². The first-order chi connectivity index (χ1) is 8.99. The van der Waals surface area contributed by atoms with Crippen LogP contribution in [0.5, 0.6) is 5.75 Å². The summed E-state index contributed by atoms with van der Waals surface area (Å²) in [5, 5.41) is 0. The predicted octanol–water partition coefficient (Wildman–Crippen LogP) is 2.18. The average molecular weight is 285 g/mol. The molecule has 0 spiro atoms. The highest BCUT2D eigenvalue weighted by molar-refractivity contribution is 7.80. The van der Waals surface area contributed by atoms with Crippen molar-refractivity contribution in [2.24, 2.45) is 5.73 Å². The molecule has 1 aromatic carbocycles. The third-order valence-corrected chi connectivity index (χ3v) is 2.64. The summed E-state index contributed by atoms with van der Waals surface area (Å²) >= 11 is 4.75. The third kappa shape index (κ3) is 4.17. The minimum absolute atomic E-state index is 0.0279. The quantitative estimate of drug-likeness (QED) is 0.641. The largest absolute Gasteiger partial charge is 0.476 e. The van der Waals surface area contributed by atoms with Crippen molar-refractivity contribution in [3.05, 3.63) is 29.6 Å². The molecule has 1 rings (SSSR count). The standard InChI is InChI=1S/C13H16FNO3S/c1-3-10(13(16)17-4-2)18-11-6-5-8(12(15)19)7-9(11)14/h5-7,10H,3-4H2,1-2H3,(H2,15,19). The van der Waals surface area contributed by atoms with Crippen LogP contribution in [0.25, 0.3) is 0 Å². The number of carbonyl (C=O) groups is 1. The highest BCUT2D eigenvalue weighted by Crippen LogP contribution is 2.20. The van der Waals surface area contributed by atoms with E-state index in [1.54, 1.807) is 19.9 Å². The summed E-state index contributed by atoms with van der Waals surface area (Å²) in [6.45, 7) is 3.70. The number of hydrogen-bond acceptors (Lipinski definition) is 4. The van der Waals surface area contributed by atoms with Crippen LogP contribution in [0.1, 0.15) is 25.8 Å². The zero-order valence-electron chi connectivity index (χ0n) is 10.8. The van der Waals surface area contributed by atoms with Crippen molar-refractivity contribution in [2.45, 2.75) is 26.4 Å². The smallest absolute Gasteiger partial charge is 0.347 e. The number of esters is 1. The van der Waals surface area contributed by atoms with Crippen LogP contribution in [-0.2, 0) is 9.53 Å². The van der Waals surface area contributed by atoms with Gasteiger partial charge >= 0.3 is 5.97 Å². The van der Waals surface area contributed by atoms with E-state index in [1.165, 1.54) is 12.1 Å². The Bertz CT molecular complexity index is 479. The fourth-order valence-electron chi connectivity index (χ4n) is 1.44. The molecule has 0 saturated carbocycles. The second-order valence-electron chi connectivity index (χ2n) is 3.78. The maximum Gasteiger partial charge on any atom is 0.347 e. The van der Waals surface area contributed by atoms with Gasteiger partial charge in [-0.3, -0.25) is 0 Å². The van der Waals surface area contributed by atoms with Crippen molar-refractivity contribution in [2.75, 3.05) is 6.61 Å². The summed E-state index contributed by atoms with van der Waals surface area (Å²) in [4.78, 5) is 11.7. The van der Waals surface area contributed by atoms with E-state index in [1.807, 2.05) is 0 Å². The maximum absolute atomic E-state index is 13.8. The van der Waals surface area contributed by atoms with Crippen LogP contribution in [0.3, 0.4) is 0 Å². The van der Waals surface area contributed by atoms with Gasteiger partial charge in [0.15, 0.2) is 17.7 Å². The van der Waals surface area contributed by atoms with Crippen LogP contribution >= 0.6 is 12.2 Å². The van der Waals surface area contributed by atoms with Crippen molar-refractivity contribution in [1.29, 1.82) is 0 Å². The first kappa shape index (κ1) is 15.4. The molecule has 1 unspecified atom stereocenters. The molecule has 0 aliphatic carbocycles. The van der Waals surface area contributed by atoms with Crippen LogP contribution in [0, 0.1) is 5.82 Å². The Labute approximate surface area is 116 Å². The molecular weight excluding hydrogens is 269 g/mol. The SMILES string of the molecule is CCOC(=O)C(CC)Oc1ccc(C(N)=S)cc1F. The summed E-state index contributed by atoms with van der Waals surface area (Å²) in [7, 11) is 0. The molecule has 1 aromatic rings. The summed E-state index contributed by atoms with van der Waals surface area (Å²) in [6.07, 6.45) is -0.444. The normalized spacial score (nSPS) is 11.7. The Kier molecular flexibility index (Phi) is 5.69. The van der Waals surface area contributed by atoms with E-state index in [0.29, 0.717) is 12.0 Å². The van der Waals surface area contributed by atoms with Crippen LogP contribution in [0.15, 0.2) is 18.2 Å². The minimum Gasteiger partial charge on any atom is -0.476 e. The van der Waals surface area contributed by atoms with Gasteiger partial charge in [-0.05, 0) is 31.5 Å². The zero-order valence-corrected chi connectivity index (χ0v) is 11.6. The van der Waals surface area contributed by atoms with Crippen molar-refractivity contribution in [3.8, 4) is 5.75 Å². The van der Waals surface area contributed by atoms with Crippen molar-refractivity contribution in [1.82, 2.24) is 0 Å². The minimum atomic E-state index is -0.829. The number of nitrogens with two attached hydrogens (primary N) is 1. The number of hydrogen-bond donors (Lipinski definition) is 1. The first-order valence-corrected chi connectivity index (χ1v) is 6.33. The Morgan fingerprint density at radius 2 is 2.16 bits per heavy atom. The summed E-state index contributed by atoms with van der Waals surface area (Å²) in [6, 6.07) is 4.11. The molecule has 0 radical (unpaired) electrons. The fourth-order valence-corrected chi connectivity index (χ4v) is 1.56. The molecule has 0 amide bonds. The number of thiocarbonyl (C=S) groups is 1. The van der Waals surface area contributed by atoms with Crippen molar-refractivity contribution >= 4 is 23.2 Å². The Balaban J connectivity index is 2.86. The van der Waals surface area contributed by atoms with Gasteiger partial charge in [0, 0.05) is 5.56 Å². The van der Waals surface area contributed by atoms with E-state index in [0.717, 1.165) is 0 Å². The first-order valence-electron chi connectivity index (χ1n) is 5.92. The van der Waals surface area contributed by atoms with Crippen LogP contribution in [-0.4, -0.2) is 23.7 Å².